The van der Waals surface area contributed by atoms with Crippen molar-refractivity contribution in [3.8, 4) is 5.88 Å². The minimum Gasteiger partial charge on any atom is -0.472 e. The molecule has 1 aliphatic rings. The van der Waals surface area contributed by atoms with Crippen LogP contribution >= 0.6 is 0 Å². The number of hydrogen-bond acceptors (Lipinski definition) is 3. The molecular weight excluding hydrogens is 290 g/mol. The van der Waals surface area contributed by atoms with Crippen LogP contribution in [0.4, 0.5) is 10.5 Å². The minimum atomic E-state index is -0.0830. The predicted octanol–water partition coefficient (Wildman–Crippen LogP) is 3.38. The van der Waals surface area contributed by atoms with Crippen molar-refractivity contribution in [2.45, 2.75) is 26.4 Å². The smallest absolute Gasteiger partial charge is 0.321 e. The first kappa shape index (κ1) is 15.3. The molecule has 0 saturated carbocycles. The molecule has 1 aromatic carbocycles. The normalized spacial score (nSPS) is 17.1. The number of nitrogens with one attached hydrogen (secondary N) is 1. The second-order valence-corrected chi connectivity index (χ2v) is 5.87. The van der Waals surface area contributed by atoms with Crippen LogP contribution in [0.15, 0.2) is 42.6 Å². The van der Waals surface area contributed by atoms with Crippen molar-refractivity contribution in [2.24, 2.45) is 0 Å². The Labute approximate surface area is 136 Å². The maximum absolute atomic E-state index is 12.4. The standard InChI is InChI=1S/C18H21N3O2/c1-13-6-7-15(11-14(13)2)20-18(22)21-10-8-16(12-21)23-17-5-3-4-9-19-17/h3-7,9,11,16H,8,10,12H2,1-2H3,(H,20,22). The van der Waals surface area contributed by atoms with E-state index >= 15 is 0 Å². The highest BCUT2D eigenvalue weighted by atomic mass is 16.5. The van der Waals surface area contributed by atoms with Crippen molar-refractivity contribution in [3.63, 3.8) is 0 Å². The molecule has 1 fully saturated rings. The quantitative estimate of drug-likeness (QED) is 0.945. The van der Waals surface area contributed by atoms with Gasteiger partial charge in [0, 0.05) is 30.9 Å². The van der Waals surface area contributed by atoms with Gasteiger partial charge >= 0.3 is 6.03 Å². The summed E-state index contributed by atoms with van der Waals surface area (Å²) in [5, 5.41) is 2.95. The summed E-state index contributed by atoms with van der Waals surface area (Å²) in [4.78, 5) is 18.3. The van der Waals surface area contributed by atoms with E-state index in [9.17, 15) is 4.79 Å². The molecule has 3 rings (SSSR count). The largest absolute Gasteiger partial charge is 0.472 e. The number of aromatic nitrogens is 1. The van der Waals surface area contributed by atoms with E-state index in [1.54, 1.807) is 11.1 Å². The van der Waals surface area contributed by atoms with Crippen LogP contribution in [0.1, 0.15) is 17.5 Å². The van der Waals surface area contributed by atoms with Crippen molar-refractivity contribution in [1.82, 2.24) is 9.88 Å². The number of nitrogens with zero attached hydrogens (tertiary/aromatic N) is 2. The van der Waals surface area contributed by atoms with Gasteiger partial charge in [-0.15, -0.1) is 0 Å². The third-order valence-electron chi connectivity index (χ3n) is 4.12. The number of aryl methyl sites for hydroxylation is 2. The molecule has 2 aromatic rings. The molecule has 2 amide bonds. The van der Waals surface area contributed by atoms with E-state index in [-0.39, 0.29) is 12.1 Å². The molecule has 1 saturated heterocycles. The third-order valence-corrected chi connectivity index (χ3v) is 4.12. The first-order chi connectivity index (χ1) is 11.1. The summed E-state index contributed by atoms with van der Waals surface area (Å²) in [6, 6.07) is 11.4. The summed E-state index contributed by atoms with van der Waals surface area (Å²) < 4.78 is 5.81. The van der Waals surface area contributed by atoms with Crippen molar-refractivity contribution in [3.05, 3.63) is 53.7 Å². The van der Waals surface area contributed by atoms with Gasteiger partial charge in [-0.05, 0) is 43.2 Å². The van der Waals surface area contributed by atoms with Crippen LogP contribution < -0.4 is 10.1 Å². The summed E-state index contributed by atoms with van der Waals surface area (Å²) in [6.45, 7) is 5.36. The summed E-state index contributed by atoms with van der Waals surface area (Å²) in [5.74, 6) is 0.605. The second-order valence-electron chi connectivity index (χ2n) is 5.87. The Bertz CT molecular complexity index is 688. The molecule has 120 valence electrons. The summed E-state index contributed by atoms with van der Waals surface area (Å²) in [6.07, 6.45) is 2.51. The molecule has 0 bridgehead atoms. The number of anilines is 1. The molecule has 0 aliphatic carbocycles. The number of urea groups is 1. The minimum absolute atomic E-state index is 0.00426. The summed E-state index contributed by atoms with van der Waals surface area (Å²) in [7, 11) is 0. The van der Waals surface area contributed by atoms with E-state index in [1.165, 1.54) is 11.1 Å². The fourth-order valence-corrected chi connectivity index (χ4v) is 2.62. The van der Waals surface area contributed by atoms with Gasteiger partial charge in [-0.3, -0.25) is 0 Å². The van der Waals surface area contributed by atoms with Gasteiger partial charge in [0.05, 0.1) is 6.54 Å². The Balaban J connectivity index is 1.56. The van der Waals surface area contributed by atoms with E-state index in [0.29, 0.717) is 19.0 Å². The Morgan fingerprint density at radius 2 is 2.13 bits per heavy atom. The molecule has 23 heavy (non-hydrogen) atoms. The van der Waals surface area contributed by atoms with Gasteiger partial charge in [-0.1, -0.05) is 12.1 Å². The second kappa shape index (κ2) is 6.69. The average molecular weight is 311 g/mol. The van der Waals surface area contributed by atoms with Crippen LogP contribution in [0.25, 0.3) is 0 Å². The molecule has 1 unspecified atom stereocenters. The molecule has 1 aliphatic heterocycles. The Morgan fingerprint density at radius 1 is 1.26 bits per heavy atom. The number of carbonyl (C=O) groups excluding carboxylic acids is 1. The number of pyridine rings is 1. The van der Waals surface area contributed by atoms with Gasteiger partial charge in [-0.2, -0.15) is 0 Å². The summed E-state index contributed by atoms with van der Waals surface area (Å²) in [5.41, 5.74) is 3.21. The lowest BCUT2D eigenvalue weighted by molar-refractivity contribution is 0.190. The maximum atomic E-state index is 12.4. The SMILES string of the molecule is Cc1ccc(NC(=O)N2CCC(Oc3ccccn3)C2)cc1C. The third kappa shape index (κ3) is 3.80. The van der Waals surface area contributed by atoms with Crippen molar-refractivity contribution < 1.29 is 9.53 Å². The zero-order valence-corrected chi connectivity index (χ0v) is 13.5. The van der Waals surface area contributed by atoms with Gasteiger partial charge in [0.15, 0.2) is 0 Å². The Kier molecular flexibility index (Phi) is 4.46. The lowest BCUT2D eigenvalue weighted by Crippen LogP contribution is -2.34. The van der Waals surface area contributed by atoms with E-state index < -0.39 is 0 Å². The highest BCUT2D eigenvalue weighted by Crippen LogP contribution is 2.19. The Hall–Kier alpha value is -2.56. The monoisotopic (exact) mass is 311 g/mol. The zero-order valence-electron chi connectivity index (χ0n) is 13.5. The highest BCUT2D eigenvalue weighted by Gasteiger charge is 2.27. The fourth-order valence-electron chi connectivity index (χ4n) is 2.62. The topological polar surface area (TPSA) is 54.5 Å². The molecule has 0 spiro atoms. The van der Waals surface area contributed by atoms with Gasteiger partial charge in [-0.25, -0.2) is 9.78 Å². The molecule has 2 heterocycles. The molecule has 5 nitrogen and oxygen atoms in total. The predicted molar refractivity (Wildman–Crippen MR) is 89.8 cm³/mol. The van der Waals surface area contributed by atoms with Gasteiger partial charge < -0.3 is 15.0 Å². The van der Waals surface area contributed by atoms with Crippen LogP contribution in [0.5, 0.6) is 5.88 Å². The van der Waals surface area contributed by atoms with Gasteiger partial charge in [0.25, 0.3) is 0 Å². The average Bonchev–Trinajstić information content (AvgIpc) is 3.00. The lowest BCUT2D eigenvalue weighted by Gasteiger charge is -2.18. The number of amides is 2. The highest BCUT2D eigenvalue weighted by molar-refractivity contribution is 5.89. The van der Waals surface area contributed by atoms with E-state index in [0.717, 1.165) is 12.1 Å². The van der Waals surface area contributed by atoms with E-state index in [2.05, 4.69) is 17.2 Å². The number of carbonyl (C=O) groups is 1. The first-order valence-corrected chi connectivity index (χ1v) is 7.83. The van der Waals surface area contributed by atoms with Crippen LogP contribution in [0.3, 0.4) is 0 Å². The number of benzene rings is 1. The fraction of sp³-hybridized carbons (Fsp3) is 0.333. The van der Waals surface area contributed by atoms with Crippen LogP contribution in [0.2, 0.25) is 0 Å². The lowest BCUT2D eigenvalue weighted by atomic mass is 10.1. The van der Waals surface area contributed by atoms with E-state index in [4.69, 9.17) is 4.74 Å². The number of ether oxygens (including phenoxy) is 1. The summed E-state index contributed by atoms with van der Waals surface area (Å²) >= 11 is 0. The number of rotatable bonds is 3. The van der Waals surface area contributed by atoms with Crippen LogP contribution in [-0.2, 0) is 0 Å². The van der Waals surface area contributed by atoms with Crippen LogP contribution in [-0.4, -0.2) is 35.1 Å². The first-order valence-electron chi connectivity index (χ1n) is 7.83. The number of likely N-dealkylation sites (tertiary alicyclic amines) is 1. The van der Waals surface area contributed by atoms with Crippen molar-refractivity contribution in [2.75, 3.05) is 18.4 Å². The Morgan fingerprint density at radius 3 is 2.87 bits per heavy atom. The molecule has 5 heteroatoms. The van der Waals surface area contributed by atoms with Crippen LogP contribution in [0, 0.1) is 13.8 Å². The van der Waals surface area contributed by atoms with Gasteiger partial charge in [0.1, 0.15) is 6.10 Å². The molecule has 1 N–H and O–H groups in total. The van der Waals surface area contributed by atoms with Crippen molar-refractivity contribution >= 4 is 11.7 Å². The zero-order chi connectivity index (χ0) is 16.2. The molecular formula is C18H21N3O2. The van der Waals surface area contributed by atoms with Crippen molar-refractivity contribution in [1.29, 1.82) is 0 Å². The number of hydrogen-bond donors (Lipinski definition) is 1. The molecule has 1 atom stereocenters. The van der Waals surface area contributed by atoms with Gasteiger partial charge in [0.2, 0.25) is 5.88 Å². The molecule has 1 aromatic heterocycles. The molecule has 0 radical (unpaired) electrons. The maximum Gasteiger partial charge on any atom is 0.321 e. The van der Waals surface area contributed by atoms with E-state index in [1.807, 2.05) is 43.3 Å².